The van der Waals surface area contributed by atoms with E-state index in [1.807, 2.05) is 6.92 Å². The predicted molar refractivity (Wildman–Crippen MR) is 65.8 cm³/mol. The van der Waals surface area contributed by atoms with Crippen LogP contribution in [0.5, 0.6) is 11.5 Å². The van der Waals surface area contributed by atoms with Crippen LogP contribution in [0.1, 0.15) is 25.3 Å². The second-order valence-corrected chi connectivity index (χ2v) is 3.84. The number of benzene rings is 1. The topological polar surface area (TPSA) is 65.3 Å². The first-order chi connectivity index (χ1) is 8.21. The van der Waals surface area contributed by atoms with Gasteiger partial charge in [-0.15, -0.1) is 0 Å². The van der Waals surface area contributed by atoms with Crippen LogP contribution < -0.4 is 10.1 Å². The van der Waals surface area contributed by atoms with Gasteiger partial charge in [-0.1, -0.05) is 6.92 Å². The van der Waals surface area contributed by atoms with Crippen molar-refractivity contribution in [3.05, 3.63) is 23.8 Å². The number of aromatic hydroxyl groups is 1. The van der Waals surface area contributed by atoms with E-state index in [0.717, 1.165) is 12.0 Å². The predicted octanol–water partition coefficient (Wildman–Crippen LogP) is 2.18. The second-order valence-electron chi connectivity index (χ2n) is 3.84. The van der Waals surface area contributed by atoms with Crippen LogP contribution in [0.4, 0.5) is 0 Å². The van der Waals surface area contributed by atoms with Crippen molar-refractivity contribution in [1.82, 2.24) is 5.32 Å². The first-order valence-corrected chi connectivity index (χ1v) is 5.67. The Balaban J connectivity index is 2.64. The minimum Gasteiger partial charge on any atom is -0.508 e. The van der Waals surface area contributed by atoms with Crippen molar-refractivity contribution < 1.29 is 9.84 Å². The molecule has 0 amide bonds. The number of ether oxygens (including phenoxy) is 1. The molecule has 1 rings (SSSR count). The molecule has 0 bridgehead atoms. The molecule has 1 unspecified atom stereocenters. The average molecular weight is 234 g/mol. The van der Waals surface area contributed by atoms with Crippen molar-refractivity contribution >= 4 is 0 Å². The summed E-state index contributed by atoms with van der Waals surface area (Å²) in [7, 11) is 1.59. The molecule has 1 atom stereocenters. The highest BCUT2D eigenvalue weighted by atomic mass is 16.5. The number of hydrogen-bond donors (Lipinski definition) is 2. The highest BCUT2D eigenvalue weighted by Crippen LogP contribution is 2.22. The summed E-state index contributed by atoms with van der Waals surface area (Å²) in [6, 6.07) is 7.42. The summed E-state index contributed by atoms with van der Waals surface area (Å²) < 4.78 is 5.10. The molecule has 92 valence electrons. The molecule has 0 aliphatic carbocycles. The van der Waals surface area contributed by atoms with Crippen LogP contribution in [-0.2, 0) is 6.54 Å². The van der Waals surface area contributed by atoms with Crippen molar-refractivity contribution in [1.29, 1.82) is 5.26 Å². The number of phenolic OH excluding ortho intramolecular Hbond substituents is 1. The van der Waals surface area contributed by atoms with E-state index in [-0.39, 0.29) is 11.8 Å². The van der Waals surface area contributed by atoms with Crippen LogP contribution in [0.25, 0.3) is 0 Å². The van der Waals surface area contributed by atoms with Gasteiger partial charge in [0.05, 0.1) is 19.6 Å². The lowest BCUT2D eigenvalue weighted by Crippen LogP contribution is -2.27. The molecule has 0 aromatic heterocycles. The van der Waals surface area contributed by atoms with Gasteiger partial charge in [0.2, 0.25) is 0 Å². The van der Waals surface area contributed by atoms with Gasteiger partial charge in [-0.2, -0.15) is 5.26 Å². The number of hydrogen-bond acceptors (Lipinski definition) is 4. The minimum atomic E-state index is 0.158. The summed E-state index contributed by atoms with van der Waals surface area (Å²) in [5, 5.41) is 21.6. The lowest BCUT2D eigenvalue weighted by Gasteiger charge is -2.14. The SMILES string of the molecule is CCC(CC#N)NCc1cc(OC)ccc1O. The molecule has 4 nitrogen and oxygen atoms in total. The monoisotopic (exact) mass is 234 g/mol. The number of rotatable bonds is 6. The van der Waals surface area contributed by atoms with Gasteiger partial charge in [0.15, 0.2) is 0 Å². The minimum absolute atomic E-state index is 0.158. The Morgan fingerprint density at radius 1 is 1.53 bits per heavy atom. The molecular formula is C13H18N2O2. The third kappa shape index (κ3) is 3.97. The van der Waals surface area contributed by atoms with Crippen LogP contribution in [0.3, 0.4) is 0 Å². The third-order valence-electron chi connectivity index (χ3n) is 2.70. The molecule has 2 N–H and O–H groups in total. The van der Waals surface area contributed by atoms with E-state index >= 15 is 0 Å². The summed E-state index contributed by atoms with van der Waals surface area (Å²) in [6.45, 7) is 2.56. The summed E-state index contributed by atoms with van der Waals surface area (Å²) in [6.07, 6.45) is 1.36. The van der Waals surface area contributed by atoms with Crippen molar-refractivity contribution in [2.24, 2.45) is 0 Å². The van der Waals surface area contributed by atoms with Crippen molar-refractivity contribution in [3.8, 4) is 17.6 Å². The molecule has 0 aliphatic heterocycles. The largest absolute Gasteiger partial charge is 0.508 e. The van der Waals surface area contributed by atoms with Gasteiger partial charge in [-0.3, -0.25) is 0 Å². The zero-order valence-electron chi connectivity index (χ0n) is 10.2. The average Bonchev–Trinajstić information content (AvgIpc) is 2.36. The van der Waals surface area contributed by atoms with E-state index in [9.17, 15) is 5.11 Å². The Labute approximate surface area is 102 Å². The van der Waals surface area contributed by atoms with Gasteiger partial charge in [0, 0.05) is 18.2 Å². The lowest BCUT2D eigenvalue weighted by atomic mass is 10.1. The third-order valence-corrected chi connectivity index (χ3v) is 2.70. The maximum Gasteiger partial charge on any atom is 0.120 e. The highest BCUT2D eigenvalue weighted by molar-refractivity contribution is 5.39. The first-order valence-electron chi connectivity index (χ1n) is 5.67. The Bertz CT molecular complexity index is 399. The quantitative estimate of drug-likeness (QED) is 0.791. The fourth-order valence-electron chi connectivity index (χ4n) is 1.56. The molecule has 0 saturated heterocycles. The summed E-state index contributed by atoms with van der Waals surface area (Å²) >= 11 is 0. The Kier molecular flexibility index (Phi) is 5.31. The summed E-state index contributed by atoms with van der Waals surface area (Å²) in [5.74, 6) is 0.957. The molecule has 4 heteroatoms. The van der Waals surface area contributed by atoms with E-state index in [1.54, 1.807) is 25.3 Å². The molecule has 0 fully saturated rings. The van der Waals surface area contributed by atoms with Crippen molar-refractivity contribution in [2.45, 2.75) is 32.4 Å². The normalized spacial score (nSPS) is 11.8. The van der Waals surface area contributed by atoms with E-state index in [4.69, 9.17) is 10.00 Å². The molecule has 1 aromatic rings. The van der Waals surface area contributed by atoms with E-state index < -0.39 is 0 Å². The summed E-state index contributed by atoms with van der Waals surface area (Å²) in [5.41, 5.74) is 0.778. The Hall–Kier alpha value is -1.73. The molecule has 17 heavy (non-hydrogen) atoms. The zero-order chi connectivity index (χ0) is 12.7. The summed E-state index contributed by atoms with van der Waals surface area (Å²) in [4.78, 5) is 0. The van der Waals surface area contributed by atoms with E-state index in [2.05, 4.69) is 11.4 Å². The van der Waals surface area contributed by atoms with Gasteiger partial charge in [0.1, 0.15) is 11.5 Å². The molecule has 0 aliphatic rings. The van der Waals surface area contributed by atoms with Crippen LogP contribution in [-0.4, -0.2) is 18.3 Å². The molecule has 1 aromatic carbocycles. The smallest absolute Gasteiger partial charge is 0.120 e. The number of methoxy groups -OCH3 is 1. The Morgan fingerprint density at radius 2 is 2.29 bits per heavy atom. The van der Waals surface area contributed by atoms with Gasteiger partial charge >= 0.3 is 0 Å². The molecule has 0 heterocycles. The van der Waals surface area contributed by atoms with Crippen LogP contribution >= 0.6 is 0 Å². The molecular weight excluding hydrogens is 216 g/mol. The lowest BCUT2D eigenvalue weighted by molar-refractivity contribution is 0.408. The number of nitrogens with one attached hydrogen (secondary N) is 1. The van der Waals surface area contributed by atoms with Gasteiger partial charge in [0.25, 0.3) is 0 Å². The number of phenols is 1. The van der Waals surface area contributed by atoms with Crippen LogP contribution in [0.2, 0.25) is 0 Å². The zero-order valence-corrected chi connectivity index (χ0v) is 10.2. The standard InChI is InChI=1S/C13H18N2O2/c1-3-11(6-7-14)15-9-10-8-12(17-2)4-5-13(10)16/h4-5,8,11,15-16H,3,6,9H2,1-2H3. The second kappa shape index (κ2) is 6.77. The molecule has 0 radical (unpaired) electrons. The number of nitriles is 1. The van der Waals surface area contributed by atoms with Gasteiger partial charge in [-0.25, -0.2) is 0 Å². The Morgan fingerprint density at radius 3 is 2.88 bits per heavy atom. The maximum absolute atomic E-state index is 9.69. The number of nitrogens with zero attached hydrogens (tertiary/aromatic N) is 1. The fourth-order valence-corrected chi connectivity index (χ4v) is 1.56. The molecule has 0 spiro atoms. The van der Waals surface area contributed by atoms with Crippen LogP contribution in [0, 0.1) is 11.3 Å². The first kappa shape index (κ1) is 13.3. The van der Waals surface area contributed by atoms with Crippen molar-refractivity contribution in [2.75, 3.05) is 7.11 Å². The maximum atomic E-state index is 9.69. The highest BCUT2D eigenvalue weighted by Gasteiger charge is 2.07. The molecule has 0 saturated carbocycles. The van der Waals surface area contributed by atoms with Gasteiger partial charge < -0.3 is 15.2 Å². The van der Waals surface area contributed by atoms with Crippen molar-refractivity contribution in [3.63, 3.8) is 0 Å². The fraction of sp³-hybridized carbons (Fsp3) is 0.462. The van der Waals surface area contributed by atoms with Gasteiger partial charge in [-0.05, 0) is 24.6 Å². The van der Waals surface area contributed by atoms with Crippen LogP contribution in [0.15, 0.2) is 18.2 Å². The van der Waals surface area contributed by atoms with E-state index in [1.165, 1.54) is 0 Å². The van der Waals surface area contributed by atoms with E-state index in [0.29, 0.717) is 18.7 Å².